The highest BCUT2D eigenvalue weighted by Crippen LogP contribution is 2.46. The van der Waals surface area contributed by atoms with Crippen LogP contribution in [0.3, 0.4) is 0 Å². The molecule has 2 saturated carbocycles. The number of aromatic nitrogens is 6. The molecule has 2 aromatic carbocycles. The molecule has 0 amide bonds. The number of rotatable bonds is 5. The van der Waals surface area contributed by atoms with Gasteiger partial charge < -0.3 is 0 Å². The Morgan fingerprint density at radius 1 is 0.519 bits per heavy atom. The molecule has 2 aliphatic carbocycles. The van der Waals surface area contributed by atoms with Crippen LogP contribution >= 0.6 is 0 Å². The second-order valence-corrected chi connectivity index (χ2v) is 16.8. The summed E-state index contributed by atoms with van der Waals surface area (Å²) in [5, 5.41) is 4.81. The fourth-order valence-corrected chi connectivity index (χ4v) is 9.86. The Bertz CT molecular complexity index is 2480. The molecule has 0 N–H and O–H groups in total. The van der Waals surface area contributed by atoms with Crippen molar-refractivity contribution in [2.24, 2.45) is 0 Å². The fourth-order valence-electron chi connectivity index (χ4n) is 9.86. The van der Waals surface area contributed by atoms with Crippen LogP contribution in [0.4, 0.5) is 0 Å². The summed E-state index contributed by atoms with van der Waals surface area (Å²) in [6.45, 7) is 9.36. The minimum Gasteiger partial charge on any atom is -0.299 e. The molecule has 6 heterocycles. The van der Waals surface area contributed by atoms with Crippen molar-refractivity contribution in [3.8, 4) is 0 Å². The molecular weight excluding hydrogens is 637 g/mol. The Balaban J connectivity index is 1.15. The maximum Gasteiger partial charge on any atom is 0.147 e. The van der Waals surface area contributed by atoms with Crippen molar-refractivity contribution in [1.82, 2.24) is 28.7 Å². The third-order valence-corrected chi connectivity index (χ3v) is 13.6. The highest BCUT2D eigenvalue weighted by Gasteiger charge is 2.44. The van der Waals surface area contributed by atoms with Crippen LogP contribution in [0.5, 0.6) is 0 Å². The Morgan fingerprint density at radius 2 is 0.942 bits per heavy atom. The highest BCUT2D eigenvalue weighted by molar-refractivity contribution is 6.12. The van der Waals surface area contributed by atoms with Crippen molar-refractivity contribution in [3.05, 3.63) is 108 Å². The van der Waals surface area contributed by atoms with E-state index >= 15 is 0 Å². The summed E-state index contributed by atoms with van der Waals surface area (Å²) in [6.07, 6.45) is 21.4. The summed E-state index contributed by atoms with van der Waals surface area (Å²) in [6, 6.07) is 22.3. The molecule has 8 aromatic rings. The first-order chi connectivity index (χ1) is 25.3. The van der Waals surface area contributed by atoms with E-state index in [0.717, 1.165) is 44.5 Å². The summed E-state index contributed by atoms with van der Waals surface area (Å²) in [5.74, 6) is 1.16. The SMILES string of the molecule is CC(C)(c1cn2c3cccc(C4CCCCC4)c3c3ncccc3c2n1)C(C)(C)c1cn2c3cccc(C4CCCCC4)c3c3ncccc3c2n1. The van der Waals surface area contributed by atoms with E-state index in [9.17, 15) is 0 Å². The zero-order valence-electron chi connectivity index (χ0n) is 31.0. The van der Waals surface area contributed by atoms with Crippen molar-refractivity contribution in [2.45, 2.75) is 115 Å². The minimum atomic E-state index is -0.365. The lowest BCUT2D eigenvalue weighted by Gasteiger charge is -2.39. The number of pyridine rings is 4. The fraction of sp³-hybridized carbons (Fsp3) is 0.391. The smallest absolute Gasteiger partial charge is 0.147 e. The molecule has 0 unspecified atom stereocenters. The first-order valence-electron chi connectivity index (χ1n) is 19.7. The van der Waals surface area contributed by atoms with E-state index in [2.05, 4.69) is 110 Å². The second-order valence-electron chi connectivity index (χ2n) is 16.8. The third kappa shape index (κ3) is 4.61. The summed E-state index contributed by atoms with van der Waals surface area (Å²) in [7, 11) is 0. The number of benzene rings is 2. The maximum absolute atomic E-state index is 5.49. The van der Waals surface area contributed by atoms with E-state index in [1.807, 2.05) is 12.4 Å². The summed E-state index contributed by atoms with van der Waals surface area (Å²) in [5.41, 5.74) is 10.8. The Hall–Kier alpha value is -4.84. The molecule has 0 radical (unpaired) electrons. The molecule has 52 heavy (non-hydrogen) atoms. The zero-order valence-corrected chi connectivity index (χ0v) is 31.0. The summed E-state index contributed by atoms with van der Waals surface area (Å²) in [4.78, 5) is 21.0. The van der Waals surface area contributed by atoms with Gasteiger partial charge in [0.2, 0.25) is 0 Å². The quantitative estimate of drug-likeness (QED) is 0.169. The van der Waals surface area contributed by atoms with Gasteiger partial charge in [-0.25, -0.2) is 9.97 Å². The molecule has 0 saturated heterocycles. The first kappa shape index (κ1) is 31.9. The monoisotopic (exact) mass is 684 g/mol. The van der Waals surface area contributed by atoms with E-state index in [-0.39, 0.29) is 10.8 Å². The number of imidazole rings is 2. The Morgan fingerprint density at radius 3 is 1.37 bits per heavy atom. The van der Waals surface area contributed by atoms with Crippen molar-refractivity contribution in [3.63, 3.8) is 0 Å². The van der Waals surface area contributed by atoms with E-state index in [0.29, 0.717) is 11.8 Å². The molecule has 0 bridgehead atoms. The maximum atomic E-state index is 5.49. The van der Waals surface area contributed by atoms with Crippen LogP contribution < -0.4 is 0 Å². The molecule has 2 aliphatic rings. The highest BCUT2D eigenvalue weighted by atomic mass is 15.0. The molecule has 2 fully saturated rings. The molecule has 262 valence electrons. The van der Waals surface area contributed by atoms with Gasteiger partial charge in [0.15, 0.2) is 0 Å². The normalized spacial score (nSPS) is 17.1. The average molecular weight is 685 g/mol. The lowest BCUT2D eigenvalue weighted by molar-refractivity contribution is 0.290. The summed E-state index contributed by atoms with van der Waals surface area (Å²) >= 11 is 0. The van der Waals surface area contributed by atoms with Crippen LogP contribution in [0.2, 0.25) is 0 Å². The van der Waals surface area contributed by atoms with Gasteiger partial charge in [-0.3, -0.25) is 18.8 Å². The summed E-state index contributed by atoms with van der Waals surface area (Å²) < 4.78 is 4.70. The van der Waals surface area contributed by atoms with Crippen molar-refractivity contribution < 1.29 is 0 Å². The van der Waals surface area contributed by atoms with Gasteiger partial charge in [0.1, 0.15) is 11.3 Å². The van der Waals surface area contributed by atoms with Crippen LogP contribution in [0.1, 0.15) is 126 Å². The molecule has 6 nitrogen and oxygen atoms in total. The minimum absolute atomic E-state index is 0.365. The molecule has 10 rings (SSSR count). The molecule has 6 aromatic heterocycles. The van der Waals surface area contributed by atoms with E-state index in [1.165, 1.54) is 97.1 Å². The van der Waals surface area contributed by atoms with Gasteiger partial charge in [0.25, 0.3) is 0 Å². The number of hydrogen-bond donors (Lipinski definition) is 0. The zero-order chi connectivity index (χ0) is 35.2. The largest absolute Gasteiger partial charge is 0.299 e. The molecular formula is C46H48N6. The molecule has 6 heteroatoms. The predicted molar refractivity (Wildman–Crippen MR) is 214 cm³/mol. The molecule has 0 atom stereocenters. The number of fused-ring (bicyclic) bond motifs is 12. The third-order valence-electron chi connectivity index (χ3n) is 13.6. The molecule has 0 spiro atoms. The van der Waals surface area contributed by atoms with Gasteiger partial charge >= 0.3 is 0 Å². The van der Waals surface area contributed by atoms with Crippen LogP contribution in [-0.4, -0.2) is 28.7 Å². The Kier molecular flexibility index (Phi) is 7.26. The van der Waals surface area contributed by atoms with Gasteiger partial charge in [-0.05, 0) is 85.0 Å². The van der Waals surface area contributed by atoms with Gasteiger partial charge in [-0.2, -0.15) is 0 Å². The van der Waals surface area contributed by atoms with Gasteiger partial charge in [0, 0.05) is 57.2 Å². The van der Waals surface area contributed by atoms with Gasteiger partial charge in [-0.1, -0.05) is 90.5 Å². The van der Waals surface area contributed by atoms with Crippen LogP contribution in [-0.2, 0) is 10.8 Å². The van der Waals surface area contributed by atoms with Crippen molar-refractivity contribution in [1.29, 1.82) is 0 Å². The van der Waals surface area contributed by atoms with Crippen molar-refractivity contribution >= 4 is 54.9 Å². The number of hydrogen-bond acceptors (Lipinski definition) is 4. The molecule has 0 aliphatic heterocycles. The van der Waals surface area contributed by atoms with E-state index in [4.69, 9.17) is 19.9 Å². The lowest BCUT2D eigenvalue weighted by atomic mass is 9.64. The second kappa shape index (κ2) is 11.8. The van der Waals surface area contributed by atoms with Crippen LogP contribution in [0, 0.1) is 0 Å². The Labute approximate surface area is 305 Å². The topological polar surface area (TPSA) is 60.4 Å². The van der Waals surface area contributed by atoms with E-state index in [1.54, 1.807) is 0 Å². The van der Waals surface area contributed by atoms with Crippen molar-refractivity contribution in [2.75, 3.05) is 0 Å². The average Bonchev–Trinajstić information content (AvgIpc) is 3.86. The van der Waals surface area contributed by atoms with Crippen LogP contribution in [0.25, 0.3) is 54.9 Å². The van der Waals surface area contributed by atoms with Gasteiger partial charge in [0.05, 0.1) is 33.5 Å². The van der Waals surface area contributed by atoms with E-state index < -0.39 is 0 Å². The lowest BCUT2D eigenvalue weighted by Crippen LogP contribution is -2.41. The van der Waals surface area contributed by atoms with Gasteiger partial charge in [-0.15, -0.1) is 0 Å². The predicted octanol–water partition coefficient (Wildman–Crippen LogP) is 11.7. The van der Waals surface area contributed by atoms with Crippen LogP contribution in [0.15, 0.2) is 85.5 Å². The first-order valence-corrected chi connectivity index (χ1v) is 19.7. The number of nitrogens with zero attached hydrogens (tertiary/aromatic N) is 6. The standard InChI is InChI=1S/C46H48N6/c1-45(2,37-27-51-35-23-11-19-31(29-15-7-5-8-16-29)39(35)41-33(43(51)49-37)21-13-25-47-41)46(3,4)38-28-52-36-24-12-20-32(30-17-9-6-10-18-30)40(36)42-34(44(52)50-38)22-14-26-48-42/h11-14,19-30H,5-10,15-18H2,1-4H3.